The third kappa shape index (κ3) is 3.37. The van der Waals surface area contributed by atoms with E-state index in [-0.39, 0.29) is 24.6 Å². The molecule has 7 nitrogen and oxygen atoms in total. The third-order valence-electron chi connectivity index (χ3n) is 4.85. The Bertz CT molecular complexity index is 872. The maximum atomic E-state index is 12.8. The Kier molecular flexibility index (Phi) is 4.29. The second-order valence-corrected chi connectivity index (χ2v) is 6.78. The molecule has 1 aliphatic carbocycles. The van der Waals surface area contributed by atoms with Crippen LogP contribution in [-0.4, -0.2) is 36.0 Å². The molecule has 0 radical (unpaired) electrons. The number of aryl methyl sites for hydroxylation is 2. The summed E-state index contributed by atoms with van der Waals surface area (Å²) in [6, 6.07) is 1.65. The van der Waals surface area contributed by atoms with Crippen LogP contribution in [0.1, 0.15) is 42.2 Å². The van der Waals surface area contributed by atoms with Crippen molar-refractivity contribution in [3.63, 3.8) is 0 Å². The Morgan fingerprint density at radius 1 is 1.08 bits per heavy atom. The molecule has 0 bridgehead atoms. The van der Waals surface area contributed by atoms with E-state index in [2.05, 4.69) is 15.2 Å². The van der Waals surface area contributed by atoms with Crippen LogP contribution in [0.15, 0.2) is 10.9 Å². The van der Waals surface area contributed by atoms with Gasteiger partial charge in [-0.25, -0.2) is 14.3 Å². The lowest BCUT2D eigenvalue weighted by Gasteiger charge is -2.26. The zero-order valence-corrected chi connectivity index (χ0v) is 14.2. The van der Waals surface area contributed by atoms with Gasteiger partial charge in [-0.3, -0.25) is 9.69 Å². The van der Waals surface area contributed by atoms with Crippen molar-refractivity contribution < 1.29 is 13.2 Å². The quantitative estimate of drug-likeness (QED) is 0.753. The standard InChI is InChI=1S/C16H19F3N6O/c17-16(18,19)15-20-13-9-23(6-7-24(13)22-15)10-25-14(26)8-11-4-2-1-3-5-12(11)21-25/h8H,1-7,9-10H2. The molecule has 0 aromatic carbocycles. The lowest BCUT2D eigenvalue weighted by atomic mass is 10.1. The van der Waals surface area contributed by atoms with E-state index in [0.29, 0.717) is 13.1 Å². The Balaban J connectivity index is 1.53. The number of fused-ring (bicyclic) bond motifs is 2. The molecule has 3 heterocycles. The molecule has 0 unspecified atom stereocenters. The van der Waals surface area contributed by atoms with Crippen molar-refractivity contribution in [3.8, 4) is 0 Å². The highest BCUT2D eigenvalue weighted by molar-refractivity contribution is 5.19. The first-order chi connectivity index (χ1) is 12.4. The molecule has 0 atom stereocenters. The number of nitrogens with zero attached hydrogens (tertiary/aromatic N) is 6. The zero-order chi connectivity index (χ0) is 18.3. The van der Waals surface area contributed by atoms with Gasteiger partial charge in [0.2, 0.25) is 0 Å². The summed E-state index contributed by atoms with van der Waals surface area (Å²) < 4.78 is 41.0. The summed E-state index contributed by atoms with van der Waals surface area (Å²) in [6.45, 7) is 1.23. The molecule has 0 fully saturated rings. The van der Waals surface area contributed by atoms with Crippen LogP contribution in [0.5, 0.6) is 0 Å². The van der Waals surface area contributed by atoms with Gasteiger partial charge in [-0.2, -0.15) is 18.3 Å². The van der Waals surface area contributed by atoms with E-state index in [0.717, 1.165) is 43.4 Å². The van der Waals surface area contributed by atoms with Crippen LogP contribution in [0, 0.1) is 0 Å². The molecule has 2 aliphatic rings. The van der Waals surface area contributed by atoms with E-state index in [9.17, 15) is 18.0 Å². The van der Waals surface area contributed by atoms with E-state index in [1.807, 2.05) is 4.90 Å². The normalized spacial score (nSPS) is 18.3. The first-order valence-electron chi connectivity index (χ1n) is 8.73. The summed E-state index contributed by atoms with van der Waals surface area (Å²) in [5.41, 5.74) is 1.81. The molecule has 2 aromatic heterocycles. The highest BCUT2D eigenvalue weighted by Gasteiger charge is 2.37. The van der Waals surface area contributed by atoms with Crippen LogP contribution in [-0.2, 0) is 38.8 Å². The van der Waals surface area contributed by atoms with Crippen LogP contribution in [0.25, 0.3) is 0 Å². The molecule has 10 heteroatoms. The summed E-state index contributed by atoms with van der Waals surface area (Å²) in [5, 5.41) is 8.03. The van der Waals surface area contributed by atoms with Gasteiger partial charge in [-0.05, 0) is 31.2 Å². The third-order valence-corrected chi connectivity index (χ3v) is 4.85. The fraction of sp³-hybridized carbons (Fsp3) is 0.625. The van der Waals surface area contributed by atoms with Gasteiger partial charge < -0.3 is 0 Å². The lowest BCUT2D eigenvalue weighted by Crippen LogP contribution is -2.39. The van der Waals surface area contributed by atoms with E-state index in [4.69, 9.17) is 0 Å². The molecule has 0 N–H and O–H groups in total. The predicted octanol–water partition coefficient (Wildman–Crippen LogP) is 1.60. The van der Waals surface area contributed by atoms with E-state index in [1.54, 1.807) is 6.07 Å². The molecule has 2 aromatic rings. The van der Waals surface area contributed by atoms with Gasteiger partial charge in [-0.1, -0.05) is 6.42 Å². The summed E-state index contributed by atoms with van der Waals surface area (Å²) in [4.78, 5) is 17.8. The molecule has 0 amide bonds. The maximum Gasteiger partial charge on any atom is 0.453 e. The van der Waals surface area contributed by atoms with Crippen molar-refractivity contribution in [1.82, 2.24) is 29.4 Å². The largest absolute Gasteiger partial charge is 0.453 e. The van der Waals surface area contributed by atoms with Gasteiger partial charge in [0.1, 0.15) is 5.82 Å². The number of halogens is 3. The lowest BCUT2D eigenvalue weighted by molar-refractivity contribution is -0.145. The van der Waals surface area contributed by atoms with E-state index >= 15 is 0 Å². The number of alkyl halides is 3. The second-order valence-electron chi connectivity index (χ2n) is 6.78. The van der Waals surface area contributed by atoms with Crippen LogP contribution < -0.4 is 5.56 Å². The smallest absolute Gasteiger partial charge is 0.275 e. The van der Waals surface area contributed by atoms with Gasteiger partial charge in [0, 0.05) is 12.6 Å². The fourth-order valence-electron chi connectivity index (χ4n) is 3.49. The van der Waals surface area contributed by atoms with Crippen LogP contribution in [0.3, 0.4) is 0 Å². The van der Waals surface area contributed by atoms with Gasteiger partial charge in [0.25, 0.3) is 11.4 Å². The highest BCUT2D eigenvalue weighted by Crippen LogP contribution is 2.27. The molecule has 0 spiro atoms. The van der Waals surface area contributed by atoms with Gasteiger partial charge in [-0.15, -0.1) is 5.10 Å². The summed E-state index contributed by atoms with van der Waals surface area (Å²) >= 11 is 0. The molecule has 26 heavy (non-hydrogen) atoms. The Morgan fingerprint density at radius 3 is 2.69 bits per heavy atom. The monoisotopic (exact) mass is 368 g/mol. The Hall–Kier alpha value is -2.23. The summed E-state index contributed by atoms with van der Waals surface area (Å²) in [5.74, 6) is -0.860. The van der Waals surface area contributed by atoms with Crippen LogP contribution >= 0.6 is 0 Å². The first kappa shape index (κ1) is 17.2. The average Bonchev–Trinajstić information content (AvgIpc) is 2.89. The van der Waals surface area contributed by atoms with Crippen molar-refractivity contribution >= 4 is 0 Å². The first-order valence-corrected chi connectivity index (χ1v) is 8.73. The van der Waals surface area contributed by atoms with Gasteiger partial charge in [0.15, 0.2) is 0 Å². The number of aromatic nitrogens is 5. The molecular weight excluding hydrogens is 349 g/mol. The minimum absolute atomic E-state index is 0.173. The van der Waals surface area contributed by atoms with Crippen molar-refractivity contribution in [1.29, 1.82) is 0 Å². The Morgan fingerprint density at radius 2 is 1.88 bits per heavy atom. The van der Waals surface area contributed by atoms with E-state index in [1.165, 1.54) is 9.36 Å². The van der Waals surface area contributed by atoms with Crippen molar-refractivity contribution in [3.05, 3.63) is 39.3 Å². The van der Waals surface area contributed by atoms with Crippen molar-refractivity contribution in [2.75, 3.05) is 6.54 Å². The molecule has 0 saturated carbocycles. The van der Waals surface area contributed by atoms with Gasteiger partial charge >= 0.3 is 6.18 Å². The van der Waals surface area contributed by atoms with E-state index < -0.39 is 12.0 Å². The average molecular weight is 368 g/mol. The minimum Gasteiger partial charge on any atom is -0.275 e. The Labute approximate surface area is 147 Å². The summed E-state index contributed by atoms with van der Waals surface area (Å²) in [6.07, 6.45) is 0.454. The highest BCUT2D eigenvalue weighted by atomic mass is 19.4. The topological polar surface area (TPSA) is 68.8 Å². The number of rotatable bonds is 2. The number of hydrogen-bond donors (Lipinski definition) is 0. The summed E-state index contributed by atoms with van der Waals surface area (Å²) in [7, 11) is 0. The SMILES string of the molecule is O=c1cc2c(nn1CN1CCn3nc(C(F)(F)F)nc3C1)CCCCC2. The molecular formula is C16H19F3N6O. The zero-order valence-electron chi connectivity index (χ0n) is 14.2. The van der Waals surface area contributed by atoms with Crippen LogP contribution in [0.2, 0.25) is 0 Å². The maximum absolute atomic E-state index is 12.8. The van der Waals surface area contributed by atoms with Crippen LogP contribution in [0.4, 0.5) is 13.2 Å². The molecule has 1 aliphatic heterocycles. The van der Waals surface area contributed by atoms with Crippen molar-refractivity contribution in [2.45, 2.75) is 58.0 Å². The molecule has 0 saturated heterocycles. The minimum atomic E-state index is -4.55. The van der Waals surface area contributed by atoms with Gasteiger partial charge in [0.05, 0.1) is 25.5 Å². The number of hydrogen-bond acceptors (Lipinski definition) is 5. The second kappa shape index (κ2) is 6.49. The van der Waals surface area contributed by atoms with Crippen molar-refractivity contribution in [2.24, 2.45) is 0 Å². The molecule has 140 valence electrons. The molecule has 4 rings (SSSR count). The fourth-order valence-corrected chi connectivity index (χ4v) is 3.49. The predicted molar refractivity (Wildman–Crippen MR) is 85.2 cm³/mol.